The highest BCUT2D eigenvalue weighted by molar-refractivity contribution is 7.92. The van der Waals surface area contributed by atoms with Crippen molar-refractivity contribution in [2.24, 2.45) is 5.92 Å². The minimum atomic E-state index is -3.25. The number of rotatable bonds is 3. The molecule has 1 aromatic carbocycles. The van der Waals surface area contributed by atoms with E-state index >= 15 is 0 Å². The van der Waals surface area contributed by atoms with Crippen LogP contribution in [0.3, 0.4) is 0 Å². The molecule has 5 nitrogen and oxygen atoms in total. The van der Waals surface area contributed by atoms with Gasteiger partial charge in [-0.2, -0.15) is 0 Å². The molecule has 23 heavy (non-hydrogen) atoms. The highest BCUT2D eigenvalue weighted by Gasteiger charge is 2.28. The van der Waals surface area contributed by atoms with Crippen LogP contribution in [0.2, 0.25) is 0 Å². The molecule has 1 fully saturated rings. The quantitative estimate of drug-likeness (QED) is 0.921. The van der Waals surface area contributed by atoms with Crippen LogP contribution in [0.25, 0.3) is 0 Å². The summed E-state index contributed by atoms with van der Waals surface area (Å²) >= 11 is 0. The van der Waals surface area contributed by atoms with Gasteiger partial charge < -0.3 is 5.32 Å². The van der Waals surface area contributed by atoms with E-state index in [4.69, 9.17) is 0 Å². The first kappa shape index (κ1) is 16.3. The van der Waals surface area contributed by atoms with Gasteiger partial charge in [-0.25, -0.2) is 8.42 Å². The molecule has 0 saturated heterocycles. The summed E-state index contributed by atoms with van der Waals surface area (Å²) in [7, 11) is -3.25. The van der Waals surface area contributed by atoms with Gasteiger partial charge in [0.2, 0.25) is 10.0 Å². The minimum absolute atomic E-state index is 0.0515. The Bertz CT molecular complexity index is 715. The van der Waals surface area contributed by atoms with Gasteiger partial charge in [0.1, 0.15) is 0 Å². The van der Waals surface area contributed by atoms with Crippen molar-refractivity contribution >= 4 is 21.6 Å². The number of nitrogens with one attached hydrogen (secondary N) is 1. The Labute approximate surface area is 138 Å². The van der Waals surface area contributed by atoms with Crippen LogP contribution in [0.15, 0.2) is 18.2 Å². The van der Waals surface area contributed by atoms with Gasteiger partial charge in [-0.05, 0) is 48.9 Å². The first-order valence-corrected chi connectivity index (χ1v) is 10.1. The van der Waals surface area contributed by atoms with E-state index in [1.807, 2.05) is 6.07 Å². The van der Waals surface area contributed by atoms with Gasteiger partial charge in [0.25, 0.3) is 5.91 Å². The van der Waals surface area contributed by atoms with Crippen LogP contribution in [0.4, 0.5) is 5.69 Å². The molecule has 1 aliphatic heterocycles. The Kier molecular flexibility index (Phi) is 4.36. The number of amides is 1. The molecule has 0 bridgehead atoms. The van der Waals surface area contributed by atoms with E-state index in [0.29, 0.717) is 30.1 Å². The van der Waals surface area contributed by atoms with Crippen molar-refractivity contribution in [1.82, 2.24) is 5.32 Å². The maximum Gasteiger partial charge on any atom is 0.251 e. The molecule has 0 aromatic heterocycles. The molecular weight excluding hydrogens is 312 g/mol. The monoisotopic (exact) mass is 336 g/mol. The van der Waals surface area contributed by atoms with Gasteiger partial charge in [0.15, 0.2) is 0 Å². The third-order valence-electron chi connectivity index (χ3n) is 5.02. The Hall–Kier alpha value is -1.56. The topological polar surface area (TPSA) is 66.5 Å². The molecule has 1 saturated carbocycles. The van der Waals surface area contributed by atoms with Crippen LogP contribution >= 0.6 is 0 Å². The molecule has 1 aliphatic carbocycles. The summed E-state index contributed by atoms with van der Waals surface area (Å²) in [6.07, 6.45) is 6.49. The zero-order chi connectivity index (χ0) is 16.6. The molecule has 126 valence electrons. The summed E-state index contributed by atoms with van der Waals surface area (Å²) in [6, 6.07) is 5.56. The van der Waals surface area contributed by atoms with Crippen molar-refractivity contribution in [3.63, 3.8) is 0 Å². The fourth-order valence-corrected chi connectivity index (χ4v) is 4.60. The van der Waals surface area contributed by atoms with Crippen molar-refractivity contribution in [1.29, 1.82) is 0 Å². The molecule has 6 heteroatoms. The Morgan fingerprint density at radius 3 is 2.70 bits per heavy atom. The molecule has 2 aliphatic rings. The number of nitrogens with zero attached hydrogens (tertiary/aromatic N) is 1. The zero-order valence-corrected chi connectivity index (χ0v) is 14.5. The van der Waals surface area contributed by atoms with E-state index in [0.717, 1.165) is 12.0 Å². The number of carbonyl (C=O) groups is 1. The van der Waals surface area contributed by atoms with Gasteiger partial charge in [0, 0.05) is 18.2 Å². The lowest BCUT2D eigenvalue weighted by Crippen LogP contribution is -2.41. The van der Waals surface area contributed by atoms with Crippen LogP contribution in [-0.2, 0) is 16.4 Å². The Balaban J connectivity index is 1.76. The van der Waals surface area contributed by atoms with E-state index in [-0.39, 0.29) is 11.9 Å². The molecule has 0 unspecified atom stereocenters. The van der Waals surface area contributed by atoms with E-state index in [2.05, 4.69) is 12.2 Å². The molecule has 1 amide bonds. The Morgan fingerprint density at radius 2 is 2.00 bits per heavy atom. The van der Waals surface area contributed by atoms with Crippen LogP contribution in [0.1, 0.15) is 48.5 Å². The Morgan fingerprint density at radius 1 is 1.26 bits per heavy atom. The molecule has 1 N–H and O–H groups in total. The fraction of sp³-hybridized carbons (Fsp3) is 0.588. The van der Waals surface area contributed by atoms with E-state index < -0.39 is 10.0 Å². The van der Waals surface area contributed by atoms with Gasteiger partial charge in [-0.3, -0.25) is 9.10 Å². The van der Waals surface area contributed by atoms with E-state index in [1.54, 1.807) is 12.1 Å². The summed E-state index contributed by atoms with van der Waals surface area (Å²) in [5.41, 5.74) is 2.26. The van der Waals surface area contributed by atoms with Crippen LogP contribution in [0.5, 0.6) is 0 Å². The highest BCUT2D eigenvalue weighted by Crippen LogP contribution is 2.31. The van der Waals surface area contributed by atoms with Crippen molar-refractivity contribution in [3.05, 3.63) is 29.3 Å². The van der Waals surface area contributed by atoms with Crippen molar-refractivity contribution < 1.29 is 13.2 Å². The number of fused-ring (bicyclic) bond motifs is 1. The first-order valence-electron chi connectivity index (χ1n) is 8.28. The lowest BCUT2D eigenvalue weighted by atomic mass is 9.86. The van der Waals surface area contributed by atoms with E-state index in [1.165, 1.54) is 29.8 Å². The van der Waals surface area contributed by atoms with Crippen molar-refractivity contribution in [2.75, 3.05) is 17.1 Å². The summed E-state index contributed by atoms with van der Waals surface area (Å²) in [6.45, 7) is 2.65. The SMILES string of the molecule is C[C@@H]1CCCC[C@@H]1NC(=O)c1ccc2c(c1)CCN2S(C)(=O)=O. The summed E-state index contributed by atoms with van der Waals surface area (Å²) in [4.78, 5) is 12.5. The number of hydrogen-bond donors (Lipinski definition) is 1. The second-order valence-electron chi connectivity index (χ2n) is 6.77. The van der Waals surface area contributed by atoms with Gasteiger partial charge >= 0.3 is 0 Å². The third kappa shape index (κ3) is 3.37. The lowest BCUT2D eigenvalue weighted by molar-refractivity contribution is 0.0910. The average Bonchev–Trinajstić information content (AvgIpc) is 2.92. The normalized spacial score (nSPS) is 24.3. The third-order valence-corrected chi connectivity index (χ3v) is 6.20. The molecule has 1 heterocycles. The van der Waals surface area contributed by atoms with Crippen molar-refractivity contribution in [2.45, 2.75) is 45.1 Å². The molecule has 3 rings (SSSR count). The molecule has 1 aromatic rings. The predicted molar refractivity (Wildman–Crippen MR) is 91.2 cm³/mol. The van der Waals surface area contributed by atoms with Crippen molar-refractivity contribution in [3.8, 4) is 0 Å². The first-order chi connectivity index (χ1) is 10.9. The molecular formula is C17H24N2O3S. The number of benzene rings is 1. The average molecular weight is 336 g/mol. The fourth-order valence-electron chi connectivity index (χ4n) is 3.64. The molecule has 0 spiro atoms. The summed E-state index contributed by atoms with van der Waals surface area (Å²) < 4.78 is 24.9. The smallest absolute Gasteiger partial charge is 0.251 e. The standard InChI is InChI=1S/C17H24N2O3S/c1-12-5-3-4-6-15(12)18-17(20)14-7-8-16-13(11-14)9-10-19(16)23(2,21)22/h7-8,11-12,15H,3-6,9-10H2,1-2H3,(H,18,20)/t12-,15+/m1/s1. The number of sulfonamides is 1. The summed E-state index contributed by atoms with van der Waals surface area (Å²) in [5, 5.41) is 3.15. The maximum absolute atomic E-state index is 12.5. The molecule has 0 radical (unpaired) electrons. The number of anilines is 1. The maximum atomic E-state index is 12.5. The van der Waals surface area contributed by atoms with E-state index in [9.17, 15) is 13.2 Å². The number of carbonyl (C=O) groups excluding carboxylic acids is 1. The largest absolute Gasteiger partial charge is 0.349 e. The van der Waals surface area contributed by atoms with Crippen LogP contribution in [0, 0.1) is 5.92 Å². The lowest BCUT2D eigenvalue weighted by Gasteiger charge is -2.29. The van der Waals surface area contributed by atoms with Crippen LogP contribution in [-0.4, -0.2) is 33.2 Å². The predicted octanol–water partition coefficient (Wildman–Crippen LogP) is 2.32. The zero-order valence-electron chi connectivity index (χ0n) is 13.7. The highest BCUT2D eigenvalue weighted by atomic mass is 32.2. The number of hydrogen-bond acceptors (Lipinski definition) is 3. The summed E-state index contributed by atoms with van der Waals surface area (Å²) in [5.74, 6) is 0.465. The van der Waals surface area contributed by atoms with Gasteiger partial charge in [-0.15, -0.1) is 0 Å². The second kappa shape index (κ2) is 6.15. The minimum Gasteiger partial charge on any atom is -0.349 e. The van der Waals surface area contributed by atoms with Gasteiger partial charge in [0.05, 0.1) is 11.9 Å². The molecule has 2 atom stereocenters. The van der Waals surface area contributed by atoms with Crippen LogP contribution < -0.4 is 9.62 Å². The van der Waals surface area contributed by atoms with Gasteiger partial charge in [-0.1, -0.05) is 19.8 Å². The second-order valence-corrected chi connectivity index (χ2v) is 8.68.